The molecule has 0 amide bonds. The normalized spacial score (nSPS) is 21.2. The maximum Gasteiger partial charge on any atom is 0.264 e. The van der Waals surface area contributed by atoms with E-state index in [4.69, 9.17) is 0 Å². The molecule has 0 N–H and O–H groups in total. The van der Waals surface area contributed by atoms with E-state index in [1.165, 1.54) is 102 Å². The van der Waals surface area contributed by atoms with E-state index in [1.54, 1.807) is 0 Å². The fraction of sp³-hybridized carbons (Fsp3) is 0.435. The number of nitrogens with zero attached hydrogens (tertiary/aromatic N) is 2. The van der Waals surface area contributed by atoms with Crippen LogP contribution in [-0.4, -0.2) is 12.8 Å². The zero-order valence-electron chi connectivity index (χ0n) is 31.9. The Balaban J connectivity index is 1.37. The minimum Gasteiger partial charge on any atom is -0.339 e. The monoisotopic (exact) mass is 676 g/mol. The van der Waals surface area contributed by atoms with Crippen molar-refractivity contribution in [2.45, 2.75) is 117 Å². The first kappa shape index (κ1) is 32.4. The summed E-state index contributed by atoms with van der Waals surface area (Å²) in [5.41, 5.74) is 15.7. The Labute approximate surface area is 305 Å². The first-order valence-corrected chi connectivity index (χ1v) is 20.0. The maximum absolute atomic E-state index is 2.85. The van der Waals surface area contributed by atoms with Crippen molar-refractivity contribution < 1.29 is 0 Å². The van der Waals surface area contributed by atoms with E-state index >= 15 is 0 Å². The molecule has 3 atom stereocenters. The van der Waals surface area contributed by atoms with Crippen molar-refractivity contribution in [2.24, 2.45) is 11.8 Å². The smallest absolute Gasteiger partial charge is 0.264 e. The topological polar surface area (TPSA) is 6.48 Å². The molecule has 3 unspecified atom stereocenters. The number of benzene rings is 4. The lowest BCUT2D eigenvalue weighted by atomic mass is 9.36. The predicted octanol–water partition coefficient (Wildman–Crippen LogP) is 11.0. The van der Waals surface area contributed by atoms with Gasteiger partial charge in [-0.2, -0.15) is 0 Å². The average molecular weight is 677 g/mol. The van der Waals surface area contributed by atoms with Crippen molar-refractivity contribution in [1.29, 1.82) is 0 Å². The van der Waals surface area contributed by atoms with Crippen LogP contribution in [0.15, 0.2) is 72.8 Å². The Bertz CT molecular complexity index is 2170. The van der Waals surface area contributed by atoms with E-state index in [2.05, 4.69) is 152 Å². The summed E-state index contributed by atoms with van der Waals surface area (Å²) in [5, 5.41) is 1.38. The number of hydrogen-bond donors (Lipinski definition) is 0. The van der Waals surface area contributed by atoms with Crippen molar-refractivity contribution in [3.63, 3.8) is 0 Å². The molecule has 1 aromatic heterocycles. The molecule has 4 heteroatoms. The van der Waals surface area contributed by atoms with Gasteiger partial charge in [-0.05, 0) is 130 Å². The molecule has 0 saturated heterocycles. The molecule has 4 aliphatic rings. The second kappa shape index (κ2) is 10.8. The zero-order chi connectivity index (χ0) is 35.1. The first-order valence-electron chi connectivity index (χ1n) is 19.1. The fourth-order valence-corrected chi connectivity index (χ4v) is 11.1. The summed E-state index contributed by atoms with van der Waals surface area (Å²) in [6, 6.07) is 30.0. The van der Waals surface area contributed by atoms with Gasteiger partial charge in [-0.15, -0.1) is 11.3 Å². The first-order chi connectivity index (χ1) is 23.6. The molecular formula is C46H53BN2S. The molecule has 5 aromatic rings. The van der Waals surface area contributed by atoms with Gasteiger partial charge < -0.3 is 9.80 Å². The average Bonchev–Trinajstić information content (AvgIpc) is 3.78. The minimum atomic E-state index is 0.0682. The second-order valence-corrected chi connectivity index (χ2v) is 20.3. The highest BCUT2D eigenvalue weighted by Crippen LogP contribution is 2.53. The van der Waals surface area contributed by atoms with E-state index in [0.29, 0.717) is 6.04 Å². The molecule has 2 fully saturated rings. The van der Waals surface area contributed by atoms with Crippen LogP contribution in [0.4, 0.5) is 28.4 Å². The molecule has 256 valence electrons. The van der Waals surface area contributed by atoms with Crippen LogP contribution in [-0.2, 0) is 16.2 Å². The highest BCUT2D eigenvalue weighted by molar-refractivity contribution is 7.33. The largest absolute Gasteiger partial charge is 0.339 e. The van der Waals surface area contributed by atoms with Crippen molar-refractivity contribution in [1.82, 2.24) is 0 Å². The van der Waals surface area contributed by atoms with Crippen LogP contribution >= 0.6 is 11.3 Å². The van der Waals surface area contributed by atoms with Crippen molar-refractivity contribution in [3.05, 3.63) is 95.1 Å². The Kier molecular flexibility index (Phi) is 6.98. The Morgan fingerprint density at radius 2 is 1.30 bits per heavy atom. The number of rotatable bonds is 2. The van der Waals surface area contributed by atoms with E-state index in [9.17, 15) is 0 Å². The van der Waals surface area contributed by atoms with Gasteiger partial charge in [-0.3, -0.25) is 0 Å². The molecule has 2 saturated carbocycles. The molecule has 2 nitrogen and oxygen atoms in total. The summed E-state index contributed by atoms with van der Waals surface area (Å²) in [5.74, 6) is 1.66. The van der Waals surface area contributed by atoms with Crippen LogP contribution in [0.25, 0.3) is 10.1 Å². The van der Waals surface area contributed by atoms with E-state index in [0.717, 1.165) is 11.8 Å². The number of aryl methyl sites for hydroxylation is 1. The predicted molar refractivity (Wildman–Crippen MR) is 220 cm³/mol. The number of anilines is 5. The zero-order valence-corrected chi connectivity index (χ0v) is 32.7. The summed E-state index contributed by atoms with van der Waals surface area (Å²) >= 11 is 2.03. The molecule has 50 heavy (non-hydrogen) atoms. The van der Waals surface area contributed by atoms with Gasteiger partial charge in [-0.25, -0.2) is 0 Å². The number of fused-ring (bicyclic) bond motifs is 8. The molecule has 0 radical (unpaired) electrons. The molecular weight excluding hydrogens is 623 g/mol. The highest BCUT2D eigenvalue weighted by atomic mass is 32.1. The molecule has 4 aromatic carbocycles. The molecule has 2 bridgehead atoms. The third-order valence-electron chi connectivity index (χ3n) is 12.6. The van der Waals surface area contributed by atoms with Crippen LogP contribution < -0.4 is 25.5 Å². The molecule has 0 spiro atoms. The fourth-order valence-electron chi connectivity index (χ4n) is 9.85. The summed E-state index contributed by atoms with van der Waals surface area (Å²) in [6.45, 7) is 23.6. The Morgan fingerprint density at radius 1 is 0.660 bits per heavy atom. The Morgan fingerprint density at radius 3 is 1.94 bits per heavy atom. The third kappa shape index (κ3) is 4.87. The quantitative estimate of drug-likeness (QED) is 0.168. The van der Waals surface area contributed by atoms with Crippen LogP contribution in [0, 0.1) is 18.8 Å². The molecule has 2 aliphatic carbocycles. The van der Waals surface area contributed by atoms with E-state index in [-0.39, 0.29) is 23.0 Å². The minimum absolute atomic E-state index is 0.0682. The second-order valence-electron chi connectivity index (χ2n) is 19.2. The van der Waals surface area contributed by atoms with Crippen molar-refractivity contribution in [2.75, 3.05) is 9.80 Å². The van der Waals surface area contributed by atoms with Gasteiger partial charge in [-0.1, -0.05) is 99.1 Å². The van der Waals surface area contributed by atoms with Crippen LogP contribution in [0.2, 0.25) is 0 Å². The summed E-state index contributed by atoms with van der Waals surface area (Å²) in [4.78, 5) is 5.51. The van der Waals surface area contributed by atoms with Crippen LogP contribution in [0.1, 0.15) is 110 Å². The van der Waals surface area contributed by atoms with Crippen LogP contribution in [0.5, 0.6) is 0 Å². The number of hydrogen-bond acceptors (Lipinski definition) is 3. The van der Waals surface area contributed by atoms with E-state index < -0.39 is 0 Å². The summed E-state index contributed by atoms with van der Waals surface area (Å²) < 4.78 is 2.87. The SMILES string of the molecule is Cc1cc2c3c(c1)N(C1CC4CCC1C4)c1ccc(C(C)(C)C)cc1B3c1sc3ccc(C(C)(C)C)cc3c1N2c1ccc(C(C)(C)C)cc1. The molecule has 9 rings (SSSR count). The van der Waals surface area contributed by atoms with Gasteiger partial charge in [0.2, 0.25) is 0 Å². The third-order valence-corrected chi connectivity index (χ3v) is 13.8. The summed E-state index contributed by atoms with van der Waals surface area (Å²) in [6.07, 6.45) is 5.51. The van der Waals surface area contributed by atoms with Gasteiger partial charge in [0.25, 0.3) is 6.71 Å². The highest BCUT2D eigenvalue weighted by Gasteiger charge is 2.50. The molecule has 2 aliphatic heterocycles. The number of thiophene rings is 1. The lowest BCUT2D eigenvalue weighted by Gasteiger charge is -2.47. The summed E-state index contributed by atoms with van der Waals surface area (Å²) in [7, 11) is 0. The van der Waals surface area contributed by atoms with Gasteiger partial charge in [0.1, 0.15) is 0 Å². The van der Waals surface area contributed by atoms with Gasteiger partial charge in [0.15, 0.2) is 0 Å². The lowest BCUT2D eigenvalue weighted by molar-refractivity contribution is 0.413. The standard InChI is InChI=1S/C46H53BN2S/c1-27-21-38-41-39(22-27)49(37-24-28-11-12-29(37)23-28)36-19-15-32(46(8,9)10)26-35(36)47(41)43-42(34-25-31(45(5,6)7)16-20-40(34)50-43)48(38)33-17-13-30(14-18-33)44(2,3)4/h13-22,25-26,28-29,37H,11-12,23-24H2,1-10H3. The maximum atomic E-state index is 2.85. The van der Waals surface area contributed by atoms with Crippen molar-refractivity contribution in [3.8, 4) is 0 Å². The van der Waals surface area contributed by atoms with Gasteiger partial charge in [0.05, 0.1) is 5.69 Å². The van der Waals surface area contributed by atoms with Gasteiger partial charge >= 0.3 is 0 Å². The molecule has 3 heterocycles. The van der Waals surface area contributed by atoms with E-state index in [1.807, 2.05) is 11.3 Å². The Hall–Kier alpha value is -3.50. The lowest BCUT2D eigenvalue weighted by Crippen LogP contribution is -2.62. The van der Waals surface area contributed by atoms with Crippen molar-refractivity contribution >= 4 is 72.3 Å². The van der Waals surface area contributed by atoms with Crippen LogP contribution in [0.3, 0.4) is 0 Å². The van der Waals surface area contributed by atoms with Gasteiger partial charge in [0, 0.05) is 43.7 Å².